The van der Waals surface area contributed by atoms with Crippen LogP contribution >= 0.6 is 15.9 Å². The van der Waals surface area contributed by atoms with Crippen LogP contribution in [-0.2, 0) is 9.84 Å². The third-order valence-corrected chi connectivity index (χ3v) is 7.03. The molecule has 8 heteroatoms. The Morgan fingerprint density at radius 2 is 1.73 bits per heavy atom. The van der Waals surface area contributed by atoms with Crippen molar-refractivity contribution in [3.8, 4) is 0 Å². The lowest BCUT2D eigenvalue weighted by Gasteiger charge is -2.34. The molecule has 1 aliphatic heterocycles. The van der Waals surface area contributed by atoms with Gasteiger partial charge in [0, 0.05) is 41.7 Å². The van der Waals surface area contributed by atoms with Gasteiger partial charge in [0.25, 0.3) is 0 Å². The molecule has 3 aromatic rings. The van der Waals surface area contributed by atoms with E-state index in [2.05, 4.69) is 43.0 Å². The highest BCUT2D eigenvalue weighted by atomic mass is 79.9. The van der Waals surface area contributed by atoms with Gasteiger partial charge >= 0.3 is 0 Å². The highest BCUT2D eigenvalue weighted by Crippen LogP contribution is 2.30. The summed E-state index contributed by atoms with van der Waals surface area (Å²) in [6.45, 7) is 3.84. The number of anilines is 1. The zero-order valence-corrected chi connectivity index (χ0v) is 16.7. The number of likely N-dealkylation sites (N-methyl/N-ethyl adjacent to an activating group) is 1. The third kappa shape index (κ3) is 3.13. The van der Waals surface area contributed by atoms with Crippen LogP contribution in [0.4, 0.5) is 5.69 Å². The van der Waals surface area contributed by atoms with Crippen molar-refractivity contribution in [1.82, 2.24) is 15.1 Å². The van der Waals surface area contributed by atoms with Gasteiger partial charge in [0.15, 0.2) is 5.03 Å². The standard InChI is InChI=1S/C18H19BrN4O2S/c1-22-8-10-23(11-9-22)14-4-7-17-16(12-14)18(21-20-17)26(24,25)15-5-2-13(19)3-6-15/h2-7,12H,8-11H2,1H3,(H,20,21). The van der Waals surface area contributed by atoms with E-state index in [4.69, 9.17) is 0 Å². The van der Waals surface area contributed by atoms with Crippen LogP contribution in [0.5, 0.6) is 0 Å². The predicted octanol–water partition coefficient (Wildman–Crippen LogP) is 2.91. The number of halogens is 1. The second-order valence-corrected chi connectivity index (χ2v) is 9.30. The highest BCUT2D eigenvalue weighted by Gasteiger charge is 2.24. The van der Waals surface area contributed by atoms with Crippen LogP contribution in [0.3, 0.4) is 0 Å². The molecule has 0 bridgehead atoms. The summed E-state index contributed by atoms with van der Waals surface area (Å²) in [5.74, 6) is 0. The number of nitrogens with zero attached hydrogens (tertiary/aromatic N) is 3. The van der Waals surface area contributed by atoms with Crippen molar-refractivity contribution in [3.63, 3.8) is 0 Å². The fourth-order valence-corrected chi connectivity index (χ4v) is 4.79. The Balaban J connectivity index is 1.76. The normalized spacial score (nSPS) is 16.3. The summed E-state index contributed by atoms with van der Waals surface area (Å²) in [5.41, 5.74) is 1.68. The molecule has 0 atom stereocenters. The number of aromatic amines is 1. The third-order valence-electron chi connectivity index (χ3n) is 4.76. The summed E-state index contributed by atoms with van der Waals surface area (Å²) < 4.78 is 26.9. The summed E-state index contributed by atoms with van der Waals surface area (Å²) in [6.07, 6.45) is 0. The number of benzene rings is 2. The smallest absolute Gasteiger partial charge is 0.223 e. The number of fused-ring (bicyclic) bond motifs is 1. The van der Waals surface area contributed by atoms with Crippen molar-refractivity contribution in [2.75, 3.05) is 38.1 Å². The SMILES string of the molecule is CN1CCN(c2ccc3n[nH]c(S(=O)(=O)c4ccc(Br)cc4)c3c2)CC1. The molecule has 136 valence electrons. The number of piperazine rings is 1. The van der Waals surface area contributed by atoms with E-state index in [1.165, 1.54) is 0 Å². The van der Waals surface area contributed by atoms with Crippen molar-refractivity contribution in [1.29, 1.82) is 0 Å². The monoisotopic (exact) mass is 434 g/mol. The number of H-pyrrole nitrogens is 1. The molecular formula is C18H19BrN4O2S. The van der Waals surface area contributed by atoms with Crippen LogP contribution in [0.1, 0.15) is 0 Å². The number of rotatable bonds is 3. The van der Waals surface area contributed by atoms with Gasteiger partial charge in [0.05, 0.1) is 10.4 Å². The van der Waals surface area contributed by atoms with E-state index in [-0.39, 0.29) is 9.92 Å². The van der Waals surface area contributed by atoms with Crippen LogP contribution in [0.2, 0.25) is 0 Å². The average molecular weight is 435 g/mol. The van der Waals surface area contributed by atoms with Crippen LogP contribution < -0.4 is 4.90 Å². The van der Waals surface area contributed by atoms with Gasteiger partial charge in [0.2, 0.25) is 9.84 Å². The molecule has 0 amide bonds. The van der Waals surface area contributed by atoms with E-state index in [1.807, 2.05) is 18.2 Å². The van der Waals surface area contributed by atoms with Crippen molar-refractivity contribution in [3.05, 3.63) is 46.9 Å². The van der Waals surface area contributed by atoms with Crippen molar-refractivity contribution in [2.45, 2.75) is 9.92 Å². The molecule has 2 heterocycles. The maximum atomic E-state index is 13.0. The number of aromatic nitrogens is 2. The van der Waals surface area contributed by atoms with E-state index in [0.717, 1.165) is 36.3 Å². The lowest BCUT2D eigenvalue weighted by Crippen LogP contribution is -2.44. The Morgan fingerprint density at radius 3 is 2.42 bits per heavy atom. The number of hydrogen-bond donors (Lipinski definition) is 1. The molecule has 1 aliphatic rings. The highest BCUT2D eigenvalue weighted by molar-refractivity contribution is 9.10. The van der Waals surface area contributed by atoms with Crippen molar-refractivity contribution in [2.24, 2.45) is 0 Å². The first-order chi connectivity index (χ1) is 12.4. The molecule has 26 heavy (non-hydrogen) atoms. The molecule has 4 rings (SSSR count). The lowest BCUT2D eigenvalue weighted by atomic mass is 10.2. The molecule has 0 unspecified atom stereocenters. The van der Waals surface area contributed by atoms with Gasteiger partial charge in [-0.15, -0.1) is 0 Å². The van der Waals surface area contributed by atoms with E-state index in [1.54, 1.807) is 24.3 Å². The van der Waals surface area contributed by atoms with Gasteiger partial charge in [-0.3, -0.25) is 5.10 Å². The summed E-state index contributed by atoms with van der Waals surface area (Å²) >= 11 is 3.33. The minimum atomic E-state index is -3.66. The van der Waals surface area contributed by atoms with Crippen molar-refractivity contribution < 1.29 is 8.42 Å². The second-order valence-electron chi connectivity index (χ2n) is 6.50. The minimum absolute atomic E-state index is 0.144. The number of hydrogen-bond acceptors (Lipinski definition) is 5. The van der Waals surface area contributed by atoms with Gasteiger partial charge in [-0.1, -0.05) is 15.9 Å². The molecule has 1 fully saturated rings. The van der Waals surface area contributed by atoms with Gasteiger partial charge < -0.3 is 9.80 Å². The Labute approximate surface area is 160 Å². The molecule has 0 radical (unpaired) electrons. The zero-order chi connectivity index (χ0) is 18.3. The molecule has 1 saturated heterocycles. The van der Waals surface area contributed by atoms with Crippen LogP contribution in [0, 0.1) is 0 Å². The number of sulfone groups is 1. The summed E-state index contributed by atoms with van der Waals surface area (Å²) in [7, 11) is -1.55. The summed E-state index contributed by atoms with van der Waals surface area (Å²) in [6, 6.07) is 12.4. The van der Waals surface area contributed by atoms with Gasteiger partial charge in [-0.2, -0.15) is 5.10 Å². The number of nitrogens with one attached hydrogen (secondary N) is 1. The zero-order valence-electron chi connectivity index (χ0n) is 14.3. The summed E-state index contributed by atoms with van der Waals surface area (Å²) in [5, 5.41) is 7.69. The second kappa shape index (κ2) is 6.68. The van der Waals surface area contributed by atoms with Gasteiger partial charge in [0.1, 0.15) is 0 Å². The largest absolute Gasteiger partial charge is 0.369 e. The Bertz CT molecular complexity index is 1040. The van der Waals surface area contributed by atoms with Gasteiger partial charge in [-0.05, 0) is 49.5 Å². The molecule has 1 N–H and O–H groups in total. The van der Waals surface area contributed by atoms with Crippen LogP contribution in [0.15, 0.2) is 56.9 Å². The lowest BCUT2D eigenvalue weighted by molar-refractivity contribution is 0.313. The van der Waals surface area contributed by atoms with Crippen molar-refractivity contribution >= 4 is 42.4 Å². The average Bonchev–Trinajstić information content (AvgIpc) is 3.06. The first-order valence-corrected chi connectivity index (χ1v) is 10.6. The van der Waals surface area contributed by atoms with E-state index in [9.17, 15) is 8.42 Å². The Kier molecular flexibility index (Phi) is 4.50. The molecule has 1 aromatic heterocycles. The Morgan fingerprint density at radius 1 is 1.04 bits per heavy atom. The molecule has 0 aliphatic carbocycles. The Hall–Kier alpha value is -1.90. The van der Waals surface area contributed by atoms with E-state index >= 15 is 0 Å². The first-order valence-electron chi connectivity index (χ1n) is 8.37. The van der Waals surface area contributed by atoms with E-state index in [0.29, 0.717) is 10.9 Å². The molecule has 2 aromatic carbocycles. The predicted molar refractivity (Wildman–Crippen MR) is 105 cm³/mol. The molecule has 6 nitrogen and oxygen atoms in total. The topological polar surface area (TPSA) is 69.3 Å². The minimum Gasteiger partial charge on any atom is -0.369 e. The fourth-order valence-electron chi connectivity index (χ4n) is 3.17. The molecule has 0 saturated carbocycles. The van der Waals surface area contributed by atoms with Gasteiger partial charge in [-0.25, -0.2) is 8.42 Å². The van der Waals surface area contributed by atoms with Crippen LogP contribution in [0.25, 0.3) is 10.9 Å². The molecular weight excluding hydrogens is 416 g/mol. The van der Waals surface area contributed by atoms with E-state index < -0.39 is 9.84 Å². The fraction of sp³-hybridized carbons (Fsp3) is 0.278. The maximum absolute atomic E-state index is 13.0. The van der Waals surface area contributed by atoms with Crippen LogP contribution in [-0.4, -0.2) is 56.7 Å². The maximum Gasteiger partial charge on any atom is 0.223 e. The quantitative estimate of drug-likeness (QED) is 0.685. The molecule has 0 spiro atoms. The first kappa shape index (κ1) is 17.5. The summed E-state index contributed by atoms with van der Waals surface area (Å²) in [4.78, 5) is 4.81.